The van der Waals surface area contributed by atoms with E-state index in [4.69, 9.17) is 0 Å². The van der Waals surface area contributed by atoms with E-state index >= 15 is 0 Å². The topological polar surface area (TPSA) is 49.4 Å². The molecule has 0 saturated heterocycles. The van der Waals surface area contributed by atoms with Crippen molar-refractivity contribution < 1.29 is 12.8 Å². The maximum atomic E-state index is 12.7. The van der Waals surface area contributed by atoms with Crippen molar-refractivity contribution in [3.8, 4) is 0 Å². The normalized spacial score (nSPS) is 15.6. The van der Waals surface area contributed by atoms with E-state index in [1.54, 1.807) is 30.9 Å². The van der Waals surface area contributed by atoms with E-state index in [9.17, 15) is 12.8 Å². The van der Waals surface area contributed by atoms with Crippen LogP contribution in [0.2, 0.25) is 0 Å². The molecule has 1 saturated carbocycles. The number of thioether (sulfide) groups is 1. The molecule has 1 aromatic rings. The van der Waals surface area contributed by atoms with E-state index in [1.807, 2.05) is 0 Å². The third-order valence-electron chi connectivity index (χ3n) is 3.31. The summed E-state index contributed by atoms with van der Waals surface area (Å²) >= 11 is 1.59. The fourth-order valence-electron chi connectivity index (χ4n) is 1.87. The zero-order valence-corrected chi connectivity index (χ0v) is 13.7. The van der Waals surface area contributed by atoms with Crippen molar-refractivity contribution in [3.05, 3.63) is 30.1 Å². The quantitative estimate of drug-likeness (QED) is 0.558. The van der Waals surface area contributed by atoms with Crippen molar-refractivity contribution in [1.82, 2.24) is 9.03 Å². The van der Waals surface area contributed by atoms with E-state index in [2.05, 4.69) is 4.72 Å². The van der Waals surface area contributed by atoms with Crippen LogP contribution in [0.3, 0.4) is 0 Å². The van der Waals surface area contributed by atoms with Crippen LogP contribution in [0.4, 0.5) is 4.39 Å². The minimum atomic E-state index is -3.34. The van der Waals surface area contributed by atoms with E-state index in [1.165, 1.54) is 16.4 Å². The molecule has 0 heterocycles. The maximum Gasteiger partial charge on any atom is 0.279 e. The Labute approximate surface area is 130 Å². The van der Waals surface area contributed by atoms with Crippen molar-refractivity contribution in [2.45, 2.75) is 24.2 Å². The van der Waals surface area contributed by atoms with Gasteiger partial charge in [0.25, 0.3) is 10.2 Å². The summed E-state index contributed by atoms with van der Waals surface area (Å²) in [6.45, 7) is 1.03. The summed E-state index contributed by atoms with van der Waals surface area (Å²) < 4.78 is 40.6. The molecule has 0 unspecified atom stereocenters. The van der Waals surface area contributed by atoms with E-state index in [0.717, 1.165) is 29.9 Å². The van der Waals surface area contributed by atoms with Crippen molar-refractivity contribution in [1.29, 1.82) is 0 Å². The summed E-state index contributed by atoms with van der Waals surface area (Å²) in [4.78, 5) is 0.991. The first kappa shape index (κ1) is 16.7. The molecule has 0 atom stereocenters. The first-order valence-corrected chi connectivity index (χ1v) is 9.49. The van der Waals surface area contributed by atoms with Crippen molar-refractivity contribution in [2.75, 3.05) is 25.9 Å². The Morgan fingerprint density at radius 1 is 1.33 bits per heavy atom. The SMILES string of the molecule is CN(CC1CC1)S(=O)(=O)NCCCSc1ccc(F)cc1. The third kappa shape index (κ3) is 5.94. The number of hydrogen-bond acceptors (Lipinski definition) is 3. The molecule has 4 nitrogen and oxygen atoms in total. The Kier molecular flexibility index (Phi) is 6.04. The number of rotatable bonds is 9. The number of benzene rings is 1. The largest absolute Gasteiger partial charge is 0.279 e. The molecule has 0 radical (unpaired) electrons. The minimum absolute atomic E-state index is 0.245. The second-order valence-corrected chi connectivity index (χ2v) is 8.31. The lowest BCUT2D eigenvalue weighted by molar-refractivity contribution is 0.443. The lowest BCUT2D eigenvalue weighted by Crippen LogP contribution is -2.39. The maximum absolute atomic E-state index is 12.7. The Bertz CT molecular complexity index is 545. The van der Waals surface area contributed by atoms with Crippen LogP contribution in [0.1, 0.15) is 19.3 Å². The molecule has 118 valence electrons. The van der Waals surface area contributed by atoms with Gasteiger partial charge < -0.3 is 0 Å². The number of nitrogens with zero attached hydrogens (tertiary/aromatic N) is 1. The highest BCUT2D eigenvalue weighted by Gasteiger charge is 2.27. The van der Waals surface area contributed by atoms with Gasteiger partial charge in [-0.1, -0.05) is 0 Å². The van der Waals surface area contributed by atoms with Crippen molar-refractivity contribution >= 4 is 22.0 Å². The van der Waals surface area contributed by atoms with Crippen LogP contribution in [0, 0.1) is 11.7 Å². The molecule has 1 N–H and O–H groups in total. The van der Waals surface area contributed by atoms with E-state index < -0.39 is 10.2 Å². The molecule has 1 aliphatic rings. The van der Waals surface area contributed by atoms with Crippen LogP contribution in [0.5, 0.6) is 0 Å². The van der Waals surface area contributed by atoms with Gasteiger partial charge in [0.1, 0.15) is 5.82 Å². The second-order valence-electron chi connectivity index (χ2n) is 5.28. The monoisotopic (exact) mass is 332 g/mol. The fraction of sp³-hybridized carbons (Fsp3) is 0.571. The lowest BCUT2D eigenvalue weighted by atomic mass is 10.4. The van der Waals surface area contributed by atoms with Crippen LogP contribution in [-0.4, -0.2) is 38.6 Å². The Balaban J connectivity index is 1.63. The van der Waals surface area contributed by atoms with Gasteiger partial charge in [0, 0.05) is 25.0 Å². The highest BCUT2D eigenvalue weighted by Crippen LogP contribution is 2.29. The molecule has 2 rings (SSSR count). The first-order valence-electron chi connectivity index (χ1n) is 7.06. The average molecular weight is 332 g/mol. The average Bonchev–Trinajstić information content (AvgIpc) is 3.24. The van der Waals surface area contributed by atoms with Gasteiger partial charge in [-0.05, 0) is 55.2 Å². The molecule has 0 amide bonds. The van der Waals surface area contributed by atoms with Crippen LogP contribution >= 0.6 is 11.8 Å². The summed E-state index contributed by atoms with van der Waals surface area (Å²) in [5.41, 5.74) is 0. The van der Waals surface area contributed by atoms with Crippen LogP contribution in [0.15, 0.2) is 29.2 Å². The summed E-state index contributed by atoms with van der Waals surface area (Å²) in [6.07, 6.45) is 3.00. The summed E-state index contributed by atoms with van der Waals surface area (Å²) in [7, 11) is -1.72. The van der Waals surface area contributed by atoms with E-state index in [0.29, 0.717) is 19.0 Å². The Morgan fingerprint density at radius 2 is 2.00 bits per heavy atom. The Morgan fingerprint density at radius 3 is 2.62 bits per heavy atom. The highest BCUT2D eigenvalue weighted by molar-refractivity contribution is 7.99. The van der Waals surface area contributed by atoms with Crippen LogP contribution in [0.25, 0.3) is 0 Å². The molecule has 1 aliphatic carbocycles. The zero-order valence-electron chi connectivity index (χ0n) is 12.1. The number of halogens is 1. The van der Waals surface area contributed by atoms with Gasteiger partial charge in [0.2, 0.25) is 0 Å². The highest BCUT2D eigenvalue weighted by atomic mass is 32.2. The Hall–Kier alpha value is -0.630. The first-order chi connectivity index (χ1) is 9.97. The second kappa shape index (κ2) is 7.58. The van der Waals surface area contributed by atoms with Gasteiger partial charge in [-0.2, -0.15) is 12.7 Å². The molecule has 21 heavy (non-hydrogen) atoms. The summed E-state index contributed by atoms with van der Waals surface area (Å²) in [5.74, 6) is 1.09. The van der Waals surface area contributed by atoms with Gasteiger partial charge in [-0.15, -0.1) is 11.8 Å². The van der Waals surface area contributed by atoms with Crippen molar-refractivity contribution in [2.24, 2.45) is 5.92 Å². The lowest BCUT2D eigenvalue weighted by Gasteiger charge is -2.17. The fourth-order valence-corrected chi connectivity index (χ4v) is 3.75. The standard InChI is InChI=1S/C14H21FN2O2S2/c1-17(11-12-3-4-12)21(18,19)16-9-2-10-20-14-7-5-13(15)6-8-14/h5-8,12,16H,2-4,9-11H2,1H3. The molecule has 1 fully saturated rings. The predicted octanol–water partition coefficient (Wildman–Crippen LogP) is 2.48. The zero-order chi connectivity index (χ0) is 15.3. The van der Waals surface area contributed by atoms with Crippen LogP contribution < -0.4 is 4.72 Å². The summed E-state index contributed by atoms with van der Waals surface area (Å²) in [6, 6.07) is 6.32. The summed E-state index contributed by atoms with van der Waals surface area (Å²) in [5, 5.41) is 0. The molecule has 7 heteroatoms. The molecule has 0 aromatic heterocycles. The van der Waals surface area contributed by atoms with E-state index in [-0.39, 0.29) is 5.82 Å². The van der Waals surface area contributed by atoms with Gasteiger partial charge >= 0.3 is 0 Å². The van der Waals surface area contributed by atoms with Crippen molar-refractivity contribution in [3.63, 3.8) is 0 Å². The van der Waals surface area contributed by atoms with Gasteiger partial charge in [-0.25, -0.2) is 9.11 Å². The molecular weight excluding hydrogens is 311 g/mol. The molecule has 1 aromatic carbocycles. The van der Waals surface area contributed by atoms with Gasteiger partial charge in [0.15, 0.2) is 0 Å². The molecular formula is C14H21FN2O2S2. The predicted molar refractivity (Wildman–Crippen MR) is 84.0 cm³/mol. The number of nitrogens with one attached hydrogen (secondary N) is 1. The number of hydrogen-bond donors (Lipinski definition) is 1. The van der Waals surface area contributed by atoms with Gasteiger partial charge in [0.05, 0.1) is 0 Å². The molecule has 0 bridgehead atoms. The van der Waals surface area contributed by atoms with Crippen LogP contribution in [-0.2, 0) is 10.2 Å². The minimum Gasteiger partial charge on any atom is -0.207 e. The molecule has 0 aliphatic heterocycles. The third-order valence-corrected chi connectivity index (χ3v) is 5.95. The van der Waals surface area contributed by atoms with Gasteiger partial charge in [-0.3, -0.25) is 0 Å². The smallest absolute Gasteiger partial charge is 0.207 e. The molecule has 0 spiro atoms.